The molecule has 0 fully saturated rings. The van der Waals surface area contributed by atoms with E-state index >= 15 is 0 Å². The summed E-state index contributed by atoms with van der Waals surface area (Å²) < 4.78 is 0. The topological polar surface area (TPSA) is 12.0 Å². The van der Waals surface area contributed by atoms with Crippen LogP contribution in [0.25, 0.3) is 0 Å². The third kappa shape index (κ3) is 6.28. The number of hydrogen-bond acceptors (Lipinski definition) is 1. The maximum atomic E-state index is 3.59. The molecule has 17 heavy (non-hydrogen) atoms. The van der Waals surface area contributed by atoms with Crippen LogP contribution in [0.3, 0.4) is 0 Å². The van der Waals surface area contributed by atoms with E-state index in [2.05, 4.69) is 62.5 Å². The smallest absolute Gasteiger partial charge is 0.0255 e. The molecule has 1 unspecified atom stereocenters. The van der Waals surface area contributed by atoms with Gasteiger partial charge in [-0.15, -0.1) is 0 Å². The predicted octanol–water partition coefficient (Wildman–Crippen LogP) is 3.95. The first-order chi connectivity index (χ1) is 8.22. The Kier molecular flexibility index (Phi) is 6.64. The zero-order valence-electron chi connectivity index (χ0n) is 11.4. The summed E-state index contributed by atoms with van der Waals surface area (Å²) in [4.78, 5) is 0. The van der Waals surface area contributed by atoms with E-state index in [4.69, 9.17) is 0 Å². The molecule has 1 aromatic carbocycles. The van der Waals surface area contributed by atoms with Gasteiger partial charge in [-0.25, -0.2) is 0 Å². The number of aryl methyl sites for hydroxylation is 1. The normalized spacial score (nSPS) is 12.2. The largest absolute Gasteiger partial charge is 0.311 e. The molecule has 1 nitrogen and oxygen atoms in total. The van der Waals surface area contributed by atoms with Crippen molar-refractivity contribution >= 4 is 0 Å². The first kappa shape index (κ1) is 14.0. The molecular weight excluding hydrogens is 206 g/mol. The first-order valence-electron chi connectivity index (χ1n) is 6.64. The Morgan fingerprint density at radius 2 is 1.94 bits per heavy atom. The zero-order valence-corrected chi connectivity index (χ0v) is 11.4. The number of allylic oxidation sites excluding steroid dienone is 1. The van der Waals surface area contributed by atoms with Gasteiger partial charge < -0.3 is 5.32 Å². The molecule has 1 aromatic rings. The van der Waals surface area contributed by atoms with Crippen LogP contribution in [0.15, 0.2) is 42.0 Å². The van der Waals surface area contributed by atoms with Gasteiger partial charge in [0.15, 0.2) is 0 Å². The van der Waals surface area contributed by atoms with E-state index in [0.717, 1.165) is 13.0 Å². The molecule has 0 aliphatic carbocycles. The maximum Gasteiger partial charge on any atom is 0.0255 e. The molecule has 0 aliphatic heterocycles. The Bertz CT molecular complexity index is 323. The van der Waals surface area contributed by atoms with Crippen LogP contribution in [-0.4, -0.2) is 12.6 Å². The number of nitrogens with one attached hydrogen (secondary N) is 1. The lowest BCUT2D eigenvalue weighted by Gasteiger charge is -2.15. The van der Waals surface area contributed by atoms with Crippen LogP contribution in [0.5, 0.6) is 0 Å². The molecular formula is C16H25N. The molecule has 0 saturated heterocycles. The fourth-order valence-electron chi connectivity index (χ4n) is 1.94. The van der Waals surface area contributed by atoms with Crippen LogP contribution in [-0.2, 0) is 6.42 Å². The number of benzene rings is 1. The molecule has 0 heterocycles. The third-order valence-electron chi connectivity index (χ3n) is 2.78. The summed E-state index contributed by atoms with van der Waals surface area (Å²) in [5.41, 5.74) is 2.82. The fraction of sp³-hybridized carbons (Fsp3) is 0.500. The first-order valence-corrected chi connectivity index (χ1v) is 6.64. The highest BCUT2D eigenvalue weighted by Gasteiger charge is 2.04. The molecule has 0 amide bonds. The van der Waals surface area contributed by atoms with Crippen LogP contribution in [0, 0.1) is 0 Å². The van der Waals surface area contributed by atoms with Crippen molar-refractivity contribution in [2.24, 2.45) is 0 Å². The molecule has 0 aliphatic rings. The Hall–Kier alpha value is -1.08. The van der Waals surface area contributed by atoms with Crippen LogP contribution >= 0.6 is 0 Å². The van der Waals surface area contributed by atoms with Crippen LogP contribution in [0.2, 0.25) is 0 Å². The maximum absolute atomic E-state index is 3.59. The SMILES string of the molecule is CCCNC(C=C(C)C)CCc1ccccc1. The zero-order chi connectivity index (χ0) is 12.5. The van der Waals surface area contributed by atoms with Gasteiger partial charge in [-0.2, -0.15) is 0 Å². The second-order valence-corrected chi connectivity index (χ2v) is 4.83. The molecule has 1 N–H and O–H groups in total. The Balaban J connectivity index is 2.46. The van der Waals surface area contributed by atoms with Crippen molar-refractivity contribution in [2.75, 3.05) is 6.54 Å². The molecule has 1 atom stereocenters. The summed E-state index contributed by atoms with van der Waals surface area (Å²) in [6.45, 7) is 7.65. The average molecular weight is 231 g/mol. The predicted molar refractivity (Wildman–Crippen MR) is 76.3 cm³/mol. The van der Waals surface area contributed by atoms with Crippen molar-refractivity contribution in [3.63, 3.8) is 0 Å². The Morgan fingerprint density at radius 3 is 2.53 bits per heavy atom. The molecule has 94 valence electrons. The van der Waals surface area contributed by atoms with Gasteiger partial charge in [-0.1, -0.05) is 48.9 Å². The lowest BCUT2D eigenvalue weighted by molar-refractivity contribution is 0.551. The molecule has 0 bridgehead atoms. The van der Waals surface area contributed by atoms with E-state index in [1.54, 1.807) is 0 Å². The number of hydrogen-bond donors (Lipinski definition) is 1. The molecule has 0 saturated carbocycles. The van der Waals surface area contributed by atoms with E-state index < -0.39 is 0 Å². The van der Waals surface area contributed by atoms with Gasteiger partial charge in [0, 0.05) is 6.04 Å². The van der Waals surface area contributed by atoms with Gasteiger partial charge in [0.05, 0.1) is 0 Å². The monoisotopic (exact) mass is 231 g/mol. The van der Waals surface area contributed by atoms with Crippen LogP contribution in [0.1, 0.15) is 39.2 Å². The van der Waals surface area contributed by atoms with E-state index in [1.165, 1.54) is 24.0 Å². The molecule has 0 spiro atoms. The van der Waals surface area contributed by atoms with Crippen LogP contribution < -0.4 is 5.32 Å². The van der Waals surface area contributed by atoms with Gasteiger partial charge in [-0.3, -0.25) is 0 Å². The number of rotatable bonds is 7. The highest BCUT2D eigenvalue weighted by molar-refractivity contribution is 5.15. The average Bonchev–Trinajstić information content (AvgIpc) is 2.33. The van der Waals surface area contributed by atoms with Crippen LogP contribution in [0.4, 0.5) is 0 Å². The summed E-state index contributed by atoms with van der Waals surface area (Å²) in [7, 11) is 0. The lowest BCUT2D eigenvalue weighted by Crippen LogP contribution is -2.28. The summed E-state index contributed by atoms with van der Waals surface area (Å²) in [5.74, 6) is 0. The van der Waals surface area contributed by atoms with Gasteiger partial charge in [0.25, 0.3) is 0 Å². The van der Waals surface area contributed by atoms with Crippen molar-refractivity contribution in [3.8, 4) is 0 Å². The second kappa shape index (κ2) is 8.08. The van der Waals surface area contributed by atoms with Gasteiger partial charge >= 0.3 is 0 Å². The van der Waals surface area contributed by atoms with E-state index in [-0.39, 0.29) is 0 Å². The van der Waals surface area contributed by atoms with Crippen molar-refractivity contribution in [3.05, 3.63) is 47.5 Å². The molecule has 1 rings (SSSR count). The van der Waals surface area contributed by atoms with Gasteiger partial charge in [0.2, 0.25) is 0 Å². The Morgan fingerprint density at radius 1 is 1.24 bits per heavy atom. The second-order valence-electron chi connectivity index (χ2n) is 4.83. The fourth-order valence-corrected chi connectivity index (χ4v) is 1.94. The minimum atomic E-state index is 0.514. The summed E-state index contributed by atoms with van der Waals surface area (Å²) in [6.07, 6.45) is 5.86. The molecule has 0 aromatic heterocycles. The standard InChI is InChI=1S/C16H25N/c1-4-12-17-16(13-14(2)3)11-10-15-8-6-5-7-9-15/h5-9,13,16-17H,4,10-12H2,1-3H3. The summed E-state index contributed by atoms with van der Waals surface area (Å²) >= 11 is 0. The Labute approximate surface area is 106 Å². The van der Waals surface area contributed by atoms with Crippen molar-refractivity contribution < 1.29 is 0 Å². The summed E-state index contributed by atoms with van der Waals surface area (Å²) in [6, 6.07) is 11.2. The van der Waals surface area contributed by atoms with Crippen molar-refractivity contribution in [1.29, 1.82) is 0 Å². The van der Waals surface area contributed by atoms with Gasteiger partial charge in [-0.05, 0) is 45.2 Å². The minimum Gasteiger partial charge on any atom is -0.311 e. The van der Waals surface area contributed by atoms with Crippen molar-refractivity contribution in [2.45, 2.75) is 46.1 Å². The molecule has 0 radical (unpaired) electrons. The van der Waals surface area contributed by atoms with E-state index in [9.17, 15) is 0 Å². The third-order valence-corrected chi connectivity index (χ3v) is 2.78. The summed E-state index contributed by atoms with van der Waals surface area (Å²) in [5, 5.41) is 3.59. The van der Waals surface area contributed by atoms with Gasteiger partial charge in [0.1, 0.15) is 0 Å². The highest BCUT2D eigenvalue weighted by Crippen LogP contribution is 2.07. The van der Waals surface area contributed by atoms with E-state index in [0.29, 0.717) is 6.04 Å². The lowest BCUT2D eigenvalue weighted by atomic mass is 10.0. The highest BCUT2D eigenvalue weighted by atomic mass is 14.9. The van der Waals surface area contributed by atoms with E-state index in [1.807, 2.05) is 0 Å². The van der Waals surface area contributed by atoms with Crippen molar-refractivity contribution in [1.82, 2.24) is 5.32 Å². The minimum absolute atomic E-state index is 0.514. The quantitative estimate of drug-likeness (QED) is 0.701. The molecule has 1 heteroatoms.